The van der Waals surface area contributed by atoms with Gasteiger partial charge in [0.1, 0.15) is 5.82 Å². The summed E-state index contributed by atoms with van der Waals surface area (Å²) in [5, 5.41) is 1.23. The fraction of sp³-hybridized carbons (Fsp3) is 0.286. The third kappa shape index (κ3) is 3.34. The van der Waals surface area contributed by atoms with Gasteiger partial charge >= 0.3 is 0 Å². The second-order valence-electron chi connectivity index (χ2n) is 4.39. The molecule has 0 unspecified atom stereocenters. The van der Waals surface area contributed by atoms with E-state index in [2.05, 4.69) is 9.97 Å². The summed E-state index contributed by atoms with van der Waals surface area (Å²) in [4.78, 5) is 10.7. The zero-order chi connectivity index (χ0) is 15.6. The zero-order valence-electron chi connectivity index (χ0n) is 11.7. The van der Waals surface area contributed by atoms with Crippen molar-refractivity contribution in [2.24, 2.45) is 0 Å². The number of benzene rings is 1. The van der Waals surface area contributed by atoms with Gasteiger partial charge in [0.15, 0.2) is 0 Å². The Kier molecular flexibility index (Phi) is 5.14. The summed E-state index contributed by atoms with van der Waals surface area (Å²) >= 11 is 18.3. The second kappa shape index (κ2) is 6.69. The molecule has 112 valence electrons. The van der Waals surface area contributed by atoms with Gasteiger partial charge in [-0.15, -0.1) is 0 Å². The Bertz CT molecular complexity index is 657. The summed E-state index contributed by atoms with van der Waals surface area (Å²) in [6.07, 6.45) is 1.64. The van der Waals surface area contributed by atoms with Crippen molar-refractivity contribution in [3.05, 3.63) is 33.4 Å². The molecule has 0 bridgehead atoms. The first-order valence-corrected chi connectivity index (χ1v) is 7.63. The summed E-state index contributed by atoms with van der Waals surface area (Å²) in [5.41, 5.74) is 7.28. The standard InChI is InChI=1S/C14H15Cl3N4/c1-3-21(4-2)14-19-7-10(13(18)20-14)9-5-8(15)6-11(16)12(9)17/h5-7H,3-4H2,1-2H3,(H2,18,19,20). The molecule has 1 aromatic carbocycles. The van der Waals surface area contributed by atoms with Crippen LogP contribution in [-0.4, -0.2) is 23.1 Å². The number of nitrogens with two attached hydrogens (primary N) is 1. The lowest BCUT2D eigenvalue weighted by molar-refractivity contribution is 0.823. The molecule has 4 nitrogen and oxygen atoms in total. The lowest BCUT2D eigenvalue weighted by atomic mass is 10.1. The van der Waals surface area contributed by atoms with E-state index in [0.717, 1.165) is 13.1 Å². The van der Waals surface area contributed by atoms with E-state index in [-0.39, 0.29) is 0 Å². The normalized spacial score (nSPS) is 10.7. The van der Waals surface area contributed by atoms with Crippen LogP contribution in [-0.2, 0) is 0 Å². The van der Waals surface area contributed by atoms with Crippen LogP contribution in [0.1, 0.15) is 13.8 Å². The van der Waals surface area contributed by atoms with Crippen LogP contribution in [0.5, 0.6) is 0 Å². The fourth-order valence-electron chi connectivity index (χ4n) is 2.00. The van der Waals surface area contributed by atoms with Gasteiger partial charge in [0.05, 0.1) is 10.0 Å². The Morgan fingerprint density at radius 3 is 2.33 bits per heavy atom. The summed E-state index contributed by atoms with van der Waals surface area (Å²) in [6.45, 7) is 5.67. The molecule has 7 heteroatoms. The highest BCUT2D eigenvalue weighted by Crippen LogP contribution is 2.38. The van der Waals surface area contributed by atoms with Gasteiger partial charge in [-0.05, 0) is 26.0 Å². The Balaban J connectivity index is 2.52. The highest BCUT2D eigenvalue weighted by Gasteiger charge is 2.15. The summed E-state index contributed by atoms with van der Waals surface area (Å²) in [7, 11) is 0. The van der Waals surface area contributed by atoms with Crippen molar-refractivity contribution in [1.82, 2.24) is 9.97 Å². The molecular formula is C14H15Cl3N4. The van der Waals surface area contributed by atoms with Crippen LogP contribution in [0.25, 0.3) is 11.1 Å². The lowest BCUT2D eigenvalue weighted by Crippen LogP contribution is -2.24. The van der Waals surface area contributed by atoms with Crippen molar-refractivity contribution in [1.29, 1.82) is 0 Å². The fourth-order valence-corrected chi connectivity index (χ4v) is 2.71. The van der Waals surface area contributed by atoms with Gasteiger partial charge < -0.3 is 10.6 Å². The summed E-state index contributed by atoms with van der Waals surface area (Å²) in [6, 6.07) is 3.28. The third-order valence-electron chi connectivity index (χ3n) is 3.13. The average molecular weight is 346 g/mol. The highest BCUT2D eigenvalue weighted by molar-refractivity contribution is 6.45. The van der Waals surface area contributed by atoms with Gasteiger partial charge in [-0.25, -0.2) is 4.98 Å². The number of anilines is 2. The molecule has 2 N–H and O–H groups in total. The Labute approximate surface area is 138 Å². The molecule has 0 aliphatic rings. The smallest absolute Gasteiger partial charge is 0.227 e. The van der Waals surface area contributed by atoms with Crippen molar-refractivity contribution in [2.45, 2.75) is 13.8 Å². The first kappa shape index (κ1) is 16.1. The number of rotatable bonds is 4. The molecule has 0 spiro atoms. The molecule has 0 radical (unpaired) electrons. The van der Waals surface area contributed by atoms with Crippen molar-refractivity contribution in [3.63, 3.8) is 0 Å². The Morgan fingerprint density at radius 1 is 1.10 bits per heavy atom. The maximum atomic E-state index is 6.22. The van der Waals surface area contributed by atoms with Crippen molar-refractivity contribution >= 4 is 46.6 Å². The predicted molar refractivity (Wildman–Crippen MR) is 90.5 cm³/mol. The van der Waals surface area contributed by atoms with E-state index in [4.69, 9.17) is 40.5 Å². The van der Waals surface area contributed by atoms with Gasteiger partial charge in [-0.3, -0.25) is 0 Å². The SMILES string of the molecule is CCN(CC)c1ncc(-c2cc(Cl)cc(Cl)c2Cl)c(N)n1. The number of nitrogen functional groups attached to an aromatic ring is 1. The maximum Gasteiger partial charge on any atom is 0.227 e. The van der Waals surface area contributed by atoms with E-state index in [1.807, 2.05) is 18.7 Å². The molecule has 1 heterocycles. The Hall–Kier alpha value is -1.23. The van der Waals surface area contributed by atoms with Crippen LogP contribution in [0.2, 0.25) is 15.1 Å². The second-order valence-corrected chi connectivity index (χ2v) is 5.61. The van der Waals surface area contributed by atoms with Crippen LogP contribution in [0, 0.1) is 0 Å². The number of hydrogen-bond acceptors (Lipinski definition) is 4. The largest absolute Gasteiger partial charge is 0.383 e. The molecule has 21 heavy (non-hydrogen) atoms. The third-order valence-corrected chi connectivity index (χ3v) is 4.16. The molecule has 1 aromatic heterocycles. The predicted octanol–water partition coefficient (Wildman–Crippen LogP) is 4.53. The van der Waals surface area contributed by atoms with E-state index in [9.17, 15) is 0 Å². The minimum atomic E-state index is 0.340. The lowest BCUT2D eigenvalue weighted by Gasteiger charge is -2.19. The first-order valence-electron chi connectivity index (χ1n) is 6.50. The molecule has 2 rings (SSSR count). The number of nitrogens with zero attached hydrogens (tertiary/aromatic N) is 3. The van der Waals surface area contributed by atoms with Crippen LogP contribution in [0.3, 0.4) is 0 Å². The monoisotopic (exact) mass is 344 g/mol. The van der Waals surface area contributed by atoms with Gasteiger partial charge in [-0.2, -0.15) is 4.98 Å². The van der Waals surface area contributed by atoms with E-state index in [0.29, 0.717) is 38.0 Å². The van der Waals surface area contributed by atoms with E-state index < -0.39 is 0 Å². The number of aromatic nitrogens is 2. The minimum Gasteiger partial charge on any atom is -0.383 e. The van der Waals surface area contributed by atoms with Crippen LogP contribution in [0.15, 0.2) is 18.3 Å². The average Bonchev–Trinajstić information content (AvgIpc) is 2.45. The van der Waals surface area contributed by atoms with Crippen molar-refractivity contribution < 1.29 is 0 Å². The molecule has 0 aliphatic carbocycles. The van der Waals surface area contributed by atoms with Crippen molar-refractivity contribution in [3.8, 4) is 11.1 Å². The van der Waals surface area contributed by atoms with E-state index in [1.165, 1.54) is 0 Å². The Morgan fingerprint density at radius 2 is 1.76 bits per heavy atom. The molecular weight excluding hydrogens is 331 g/mol. The van der Waals surface area contributed by atoms with Crippen molar-refractivity contribution in [2.75, 3.05) is 23.7 Å². The van der Waals surface area contributed by atoms with E-state index in [1.54, 1.807) is 18.3 Å². The first-order chi connectivity index (χ1) is 9.97. The van der Waals surface area contributed by atoms with Crippen LogP contribution < -0.4 is 10.6 Å². The van der Waals surface area contributed by atoms with Gasteiger partial charge in [-0.1, -0.05) is 34.8 Å². The van der Waals surface area contributed by atoms with Gasteiger partial charge in [0, 0.05) is 35.4 Å². The quantitative estimate of drug-likeness (QED) is 0.827. The van der Waals surface area contributed by atoms with Crippen LogP contribution in [0.4, 0.5) is 11.8 Å². The summed E-state index contributed by atoms with van der Waals surface area (Å²) < 4.78 is 0. The molecule has 0 fully saturated rings. The minimum absolute atomic E-state index is 0.340. The molecule has 0 amide bonds. The van der Waals surface area contributed by atoms with Gasteiger partial charge in [0.2, 0.25) is 5.95 Å². The van der Waals surface area contributed by atoms with E-state index >= 15 is 0 Å². The molecule has 0 aliphatic heterocycles. The molecule has 0 saturated heterocycles. The summed E-state index contributed by atoms with van der Waals surface area (Å²) in [5.74, 6) is 0.928. The van der Waals surface area contributed by atoms with Gasteiger partial charge in [0.25, 0.3) is 0 Å². The maximum absolute atomic E-state index is 6.22. The molecule has 0 atom stereocenters. The topological polar surface area (TPSA) is 55.0 Å². The van der Waals surface area contributed by atoms with Crippen LogP contribution >= 0.6 is 34.8 Å². The zero-order valence-corrected chi connectivity index (χ0v) is 14.0. The highest BCUT2D eigenvalue weighted by atomic mass is 35.5. The number of hydrogen-bond donors (Lipinski definition) is 1. The molecule has 0 saturated carbocycles. The molecule has 2 aromatic rings. The number of halogens is 3.